The molecule has 0 amide bonds. The second-order valence-electron chi connectivity index (χ2n) is 7.26. The second-order valence-corrected chi connectivity index (χ2v) is 9.32. The fraction of sp³-hybridized carbons (Fsp3) is 0.684. The van der Waals surface area contributed by atoms with Crippen molar-refractivity contribution in [2.75, 3.05) is 11.7 Å². The average Bonchev–Trinajstić information content (AvgIpc) is 2.45. The van der Waals surface area contributed by atoms with Gasteiger partial charge in [0.1, 0.15) is 8.37 Å². The quantitative estimate of drug-likeness (QED) is 0.573. The van der Waals surface area contributed by atoms with E-state index in [9.17, 15) is 0 Å². The zero-order valence-electron chi connectivity index (χ0n) is 16.5. The van der Waals surface area contributed by atoms with Crippen LogP contribution in [0.1, 0.15) is 55.4 Å². The molecule has 0 radical (unpaired) electrons. The Labute approximate surface area is 145 Å². The van der Waals surface area contributed by atoms with Gasteiger partial charge in [-0.25, -0.2) is 9.34 Å². The molecular formula is C19H36N3P. The molecule has 0 heterocycles. The monoisotopic (exact) mass is 337 g/mol. The lowest BCUT2D eigenvalue weighted by atomic mass is 10.3. The van der Waals surface area contributed by atoms with E-state index in [1.807, 2.05) is 0 Å². The maximum Gasteiger partial charge on any atom is 0.149 e. The van der Waals surface area contributed by atoms with E-state index in [1.165, 1.54) is 5.69 Å². The predicted octanol–water partition coefficient (Wildman–Crippen LogP) is 5.59. The van der Waals surface area contributed by atoms with E-state index < -0.39 is 8.37 Å². The predicted molar refractivity (Wildman–Crippen MR) is 106 cm³/mol. The molecule has 0 spiro atoms. The Morgan fingerprint density at radius 1 is 0.652 bits per heavy atom. The second kappa shape index (κ2) is 9.01. The molecule has 0 aliphatic carbocycles. The van der Waals surface area contributed by atoms with Crippen molar-refractivity contribution in [1.29, 1.82) is 0 Å². The first-order chi connectivity index (χ1) is 10.7. The summed E-state index contributed by atoms with van der Waals surface area (Å²) < 4.78 is 7.82. The lowest BCUT2D eigenvalue weighted by Crippen LogP contribution is -2.47. The van der Waals surface area contributed by atoms with Crippen LogP contribution in [0.4, 0.5) is 5.69 Å². The van der Waals surface area contributed by atoms with Crippen LogP contribution in [0.3, 0.4) is 0 Å². The Morgan fingerprint density at radius 2 is 1.00 bits per heavy atom. The summed E-state index contributed by atoms with van der Waals surface area (Å²) in [7, 11) is 1.66. The zero-order chi connectivity index (χ0) is 17.7. The largest absolute Gasteiger partial charge is 0.329 e. The Balaban J connectivity index is 3.34. The molecule has 0 N–H and O–H groups in total. The van der Waals surface area contributed by atoms with Crippen LogP contribution in [0.25, 0.3) is 0 Å². The van der Waals surface area contributed by atoms with Gasteiger partial charge >= 0.3 is 0 Å². The molecule has 132 valence electrons. The van der Waals surface area contributed by atoms with Gasteiger partial charge in [0.2, 0.25) is 0 Å². The van der Waals surface area contributed by atoms with E-state index >= 15 is 0 Å². The molecule has 0 aliphatic heterocycles. The van der Waals surface area contributed by atoms with Gasteiger partial charge in [-0.2, -0.15) is 0 Å². The van der Waals surface area contributed by atoms with Gasteiger partial charge in [-0.3, -0.25) is 0 Å². The van der Waals surface area contributed by atoms with E-state index in [-0.39, 0.29) is 0 Å². The standard InChI is InChI=1S/C19H36N3P/c1-15(2)21(16(3)4)23(22(17(5)6)18(7)8)20(9)19-13-11-10-12-14-19/h10-18H,1-9H3. The number of para-hydroxylation sites is 1. The van der Waals surface area contributed by atoms with Crippen molar-refractivity contribution in [3.63, 3.8) is 0 Å². The molecule has 0 saturated carbocycles. The SMILES string of the molecule is CC(C)N(C(C)C)P(N(C)c1ccccc1)N(C(C)C)C(C)C. The normalized spacial score (nSPS) is 12.7. The maximum atomic E-state index is 2.67. The van der Waals surface area contributed by atoms with Crippen molar-refractivity contribution in [2.45, 2.75) is 79.6 Å². The fourth-order valence-corrected chi connectivity index (χ4v) is 6.05. The number of rotatable bonds is 8. The molecule has 23 heavy (non-hydrogen) atoms. The molecule has 1 aromatic rings. The molecule has 1 aromatic carbocycles. The fourth-order valence-electron chi connectivity index (χ4n) is 3.19. The number of hydrogen-bond donors (Lipinski definition) is 0. The third kappa shape index (κ3) is 5.17. The van der Waals surface area contributed by atoms with Crippen LogP contribution in [0.15, 0.2) is 30.3 Å². The highest BCUT2D eigenvalue weighted by molar-refractivity contribution is 7.54. The van der Waals surface area contributed by atoms with Crippen molar-refractivity contribution in [3.05, 3.63) is 30.3 Å². The highest BCUT2D eigenvalue weighted by Crippen LogP contribution is 2.53. The summed E-state index contributed by atoms with van der Waals surface area (Å²) in [6.07, 6.45) is 0. The number of anilines is 1. The first-order valence-electron chi connectivity index (χ1n) is 8.83. The summed E-state index contributed by atoms with van der Waals surface area (Å²) in [5.41, 5.74) is 1.29. The molecule has 3 nitrogen and oxygen atoms in total. The van der Waals surface area contributed by atoms with Crippen molar-refractivity contribution in [3.8, 4) is 0 Å². The third-order valence-corrected chi connectivity index (χ3v) is 7.37. The summed E-state index contributed by atoms with van der Waals surface area (Å²) >= 11 is 0. The van der Waals surface area contributed by atoms with Gasteiger partial charge in [0.05, 0.1) is 0 Å². The van der Waals surface area contributed by atoms with Crippen molar-refractivity contribution < 1.29 is 0 Å². The lowest BCUT2D eigenvalue weighted by molar-refractivity contribution is 0.255. The minimum Gasteiger partial charge on any atom is -0.329 e. The number of benzene rings is 1. The summed E-state index contributed by atoms with van der Waals surface area (Å²) in [5.74, 6) is 0. The van der Waals surface area contributed by atoms with Crippen molar-refractivity contribution in [2.24, 2.45) is 0 Å². The first kappa shape index (κ1) is 20.4. The first-order valence-corrected chi connectivity index (χ1v) is 10.0. The van der Waals surface area contributed by atoms with Crippen molar-refractivity contribution in [1.82, 2.24) is 9.34 Å². The average molecular weight is 337 g/mol. The van der Waals surface area contributed by atoms with Gasteiger partial charge in [-0.05, 0) is 67.5 Å². The molecule has 0 unspecified atom stereocenters. The Morgan fingerprint density at radius 3 is 1.30 bits per heavy atom. The van der Waals surface area contributed by atoms with Crippen LogP contribution in [-0.2, 0) is 0 Å². The third-order valence-electron chi connectivity index (χ3n) is 3.93. The highest BCUT2D eigenvalue weighted by atomic mass is 31.2. The lowest BCUT2D eigenvalue weighted by Gasteiger charge is -2.50. The van der Waals surface area contributed by atoms with E-state index in [2.05, 4.69) is 107 Å². The summed E-state index contributed by atoms with van der Waals surface area (Å²) in [4.78, 5) is 0. The maximum absolute atomic E-state index is 2.67. The van der Waals surface area contributed by atoms with Crippen LogP contribution in [-0.4, -0.2) is 40.6 Å². The molecule has 0 atom stereocenters. The minimum atomic E-state index is -0.583. The van der Waals surface area contributed by atoms with E-state index in [4.69, 9.17) is 0 Å². The topological polar surface area (TPSA) is 9.72 Å². The minimum absolute atomic E-state index is 0.507. The zero-order valence-corrected chi connectivity index (χ0v) is 17.4. The van der Waals surface area contributed by atoms with Gasteiger partial charge < -0.3 is 4.67 Å². The Hall–Kier alpha value is -0.630. The molecule has 0 fully saturated rings. The number of hydrogen-bond acceptors (Lipinski definition) is 3. The van der Waals surface area contributed by atoms with E-state index in [1.54, 1.807) is 0 Å². The van der Waals surface area contributed by atoms with Gasteiger partial charge in [-0.15, -0.1) is 0 Å². The van der Waals surface area contributed by atoms with Crippen LogP contribution in [0, 0.1) is 0 Å². The molecule has 4 heteroatoms. The van der Waals surface area contributed by atoms with Crippen LogP contribution >= 0.6 is 8.37 Å². The summed E-state index contributed by atoms with van der Waals surface area (Å²) in [6, 6.07) is 12.8. The Kier molecular flexibility index (Phi) is 8.00. The van der Waals surface area contributed by atoms with Gasteiger partial charge in [-0.1, -0.05) is 18.2 Å². The van der Waals surface area contributed by atoms with Gasteiger partial charge in [0, 0.05) is 36.9 Å². The molecule has 0 bridgehead atoms. The Bertz CT molecular complexity index is 409. The van der Waals surface area contributed by atoms with E-state index in [0.717, 1.165) is 0 Å². The van der Waals surface area contributed by atoms with Gasteiger partial charge in [0.25, 0.3) is 0 Å². The molecular weight excluding hydrogens is 301 g/mol. The highest BCUT2D eigenvalue weighted by Gasteiger charge is 2.36. The molecule has 0 aliphatic rings. The smallest absolute Gasteiger partial charge is 0.149 e. The van der Waals surface area contributed by atoms with Crippen LogP contribution in [0.2, 0.25) is 0 Å². The summed E-state index contributed by atoms with van der Waals surface area (Å²) in [6.45, 7) is 18.5. The van der Waals surface area contributed by atoms with Crippen LogP contribution in [0.5, 0.6) is 0 Å². The molecule has 0 aromatic heterocycles. The molecule has 1 rings (SSSR count). The summed E-state index contributed by atoms with van der Waals surface area (Å²) in [5, 5.41) is 0. The number of nitrogens with zero attached hydrogens (tertiary/aromatic N) is 3. The van der Waals surface area contributed by atoms with Crippen molar-refractivity contribution >= 4 is 14.1 Å². The van der Waals surface area contributed by atoms with E-state index in [0.29, 0.717) is 24.2 Å². The van der Waals surface area contributed by atoms with Gasteiger partial charge in [0.15, 0.2) is 0 Å². The van der Waals surface area contributed by atoms with Crippen LogP contribution < -0.4 is 4.67 Å². The molecule has 0 saturated heterocycles.